The van der Waals surface area contributed by atoms with Crippen molar-refractivity contribution in [3.8, 4) is 11.4 Å². The summed E-state index contributed by atoms with van der Waals surface area (Å²) in [6.07, 6.45) is 3.39. The van der Waals surface area contributed by atoms with Gasteiger partial charge in [-0.1, -0.05) is 60.7 Å². The van der Waals surface area contributed by atoms with Gasteiger partial charge in [0.05, 0.1) is 5.69 Å². The Hall–Kier alpha value is -3.01. The first-order valence-electron chi connectivity index (χ1n) is 7.56. The Morgan fingerprint density at radius 1 is 0.826 bits per heavy atom. The van der Waals surface area contributed by atoms with E-state index in [1.54, 1.807) is 0 Å². The molecule has 4 aromatic rings. The number of rotatable bonds is 2. The van der Waals surface area contributed by atoms with Gasteiger partial charge in [0, 0.05) is 11.4 Å². The minimum absolute atomic E-state index is 0.808. The van der Waals surface area contributed by atoms with Crippen molar-refractivity contribution in [3.05, 3.63) is 78.4 Å². The van der Waals surface area contributed by atoms with Crippen LogP contribution in [0.1, 0.15) is 11.4 Å². The van der Waals surface area contributed by atoms with E-state index in [4.69, 9.17) is 9.97 Å². The summed E-state index contributed by atoms with van der Waals surface area (Å²) in [6, 6.07) is 20.2. The van der Waals surface area contributed by atoms with E-state index in [-0.39, 0.29) is 0 Å². The molecule has 0 amide bonds. The molecule has 0 radical (unpaired) electrons. The van der Waals surface area contributed by atoms with Gasteiger partial charge in [-0.25, -0.2) is 0 Å². The first-order valence-corrected chi connectivity index (χ1v) is 7.56. The zero-order valence-corrected chi connectivity index (χ0v) is 13.1. The van der Waals surface area contributed by atoms with Gasteiger partial charge < -0.3 is 4.57 Å². The normalized spacial score (nSPS) is 11.0. The second-order valence-corrected chi connectivity index (χ2v) is 5.48. The molecule has 2 heterocycles. The fourth-order valence-electron chi connectivity index (χ4n) is 2.59. The van der Waals surface area contributed by atoms with Crippen LogP contribution in [-0.4, -0.2) is 14.5 Å². The van der Waals surface area contributed by atoms with Gasteiger partial charge >= 0.3 is 0 Å². The van der Waals surface area contributed by atoms with Crippen LogP contribution in [0.5, 0.6) is 0 Å². The summed E-state index contributed by atoms with van der Waals surface area (Å²) in [5.41, 5.74) is 5.52. The maximum absolute atomic E-state index is 4.75. The molecule has 0 aliphatic carbocycles. The van der Waals surface area contributed by atoms with E-state index in [0.29, 0.717) is 0 Å². The van der Waals surface area contributed by atoms with Crippen molar-refractivity contribution in [1.29, 1.82) is 0 Å². The quantitative estimate of drug-likeness (QED) is 0.421. The van der Waals surface area contributed by atoms with E-state index in [9.17, 15) is 0 Å². The summed E-state index contributed by atoms with van der Waals surface area (Å²) in [7, 11) is 0. The zero-order valence-electron chi connectivity index (χ0n) is 13.1. The van der Waals surface area contributed by atoms with Crippen molar-refractivity contribution in [1.82, 2.24) is 14.5 Å². The summed E-state index contributed by atoms with van der Waals surface area (Å²) in [6.45, 7) is 3.97. The molecule has 4 nitrogen and oxygen atoms in total. The third-order valence-electron chi connectivity index (χ3n) is 3.92. The van der Waals surface area contributed by atoms with E-state index in [1.807, 2.05) is 83.6 Å². The van der Waals surface area contributed by atoms with Crippen molar-refractivity contribution in [2.24, 2.45) is 0 Å². The second kappa shape index (κ2) is 5.32. The number of aryl methyl sites for hydroxylation is 2. The third-order valence-corrected chi connectivity index (χ3v) is 3.92. The van der Waals surface area contributed by atoms with Crippen molar-refractivity contribution >= 4 is 11.3 Å². The first kappa shape index (κ1) is 13.6. The van der Waals surface area contributed by atoms with Gasteiger partial charge in [-0.2, -0.15) is 0 Å². The van der Waals surface area contributed by atoms with Gasteiger partial charge in [0.15, 0.2) is 12.0 Å². The highest BCUT2D eigenvalue weighted by Gasteiger charge is 2.15. The molecule has 0 aliphatic heterocycles. The Morgan fingerprint density at radius 3 is 2.13 bits per heavy atom. The van der Waals surface area contributed by atoms with Crippen LogP contribution < -0.4 is 4.57 Å². The number of benzene rings is 2. The van der Waals surface area contributed by atoms with Crippen LogP contribution >= 0.6 is 0 Å². The van der Waals surface area contributed by atoms with Crippen molar-refractivity contribution in [2.45, 2.75) is 13.8 Å². The molecular weight excluding hydrogens is 284 g/mol. The number of fused-ring (bicyclic) bond motifs is 1. The molecule has 0 N–H and O–H groups in total. The Kier molecular flexibility index (Phi) is 3.15. The molecule has 0 unspecified atom stereocenters. The molecule has 0 fully saturated rings. The van der Waals surface area contributed by atoms with Crippen molar-refractivity contribution < 1.29 is 4.57 Å². The van der Waals surface area contributed by atoms with E-state index in [1.165, 1.54) is 0 Å². The van der Waals surface area contributed by atoms with E-state index in [0.717, 1.165) is 34.1 Å². The molecule has 4 rings (SSSR count). The second-order valence-electron chi connectivity index (χ2n) is 5.48. The SMILES string of the molecule is Cc1nc2c(nc1C)[n+](-c1ccccc1)[c-]n2-c1ccccc1. The van der Waals surface area contributed by atoms with Crippen LogP contribution in [0.2, 0.25) is 0 Å². The maximum Gasteiger partial charge on any atom is 0.227 e. The van der Waals surface area contributed by atoms with Gasteiger partial charge in [0.1, 0.15) is 5.69 Å². The lowest BCUT2D eigenvalue weighted by Crippen LogP contribution is -2.30. The summed E-state index contributed by atoms with van der Waals surface area (Å²) >= 11 is 0. The Bertz CT molecular complexity index is 893. The molecule has 2 aromatic heterocycles. The number of imidazole rings is 1. The molecule has 2 aromatic carbocycles. The van der Waals surface area contributed by atoms with Gasteiger partial charge in [-0.3, -0.25) is 9.55 Å². The van der Waals surface area contributed by atoms with Crippen LogP contribution in [0.3, 0.4) is 0 Å². The molecule has 4 heteroatoms. The summed E-state index contributed by atoms with van der Waals surface area (Å²) in [5, 5.41) is 0. The van der Waals surface area contributed by atoms with Crippen LogP contribution in [-0.2, 0) is 0 Å². The monoisotopic (exact) mass is 300 g/mol. The van der Waals surface area contributed by atoms with Gasteiger partial charge in [-0.05, 0) is 13.8 Å². The van der Waals surface area contributed by atoms with E-state index < -0.39 is 0 Å². The Morgan fingerprint density at radius 2 is 1.43 bits per heavy atom. The average Bonchev–Trinajstić information content (AvgIpc) is 2.95. The zero-order chi connectivity index (χ0) is 15.8. The Balaban J connectivity index is 2.07. The topological polar surface area (TPSA) is 34.6 Å². The number of hydrogen-bond acceptors (Lipinski definition) is 2. The summed E-state index contributed by atoms with van der Waals surface area (Å²) < 4.78 is 3.92. The summed E-state index contributed by atoms with van der Waals surface area (Å²) in [4.78, 5) is 9.49. The van der Waals surface area contributed by atoms with E-state index in [2.05, 4.69) is 6.33 Å². The lowest BCUT2D eigenvalue weighted by molar-refractivity contribution is -0.574. The van der Waals surface area contributed by atoms with Crippen LogP contribution in [0.25, 0.3) is 22.7 Å². The number of aromatic nitrogens is 4. The Labute approximate surface area is 134 Å². The average molecular weight is 300 g/mol. The fourth-order valence-corrected chi connectivity index (χ4v) is 2.59. The standard InChI is InChI=1S/C19H16N4/c1-14-15(2)21-19-18(20-14)22(16-9-5-3-6-10-16)13-23(19)17-11-7-4-8-12-17/h3-12H,1-2H3. The molecule has 0 saturated carbocycles. The summed E-state index contributed by atoms with van der Waals surface area (Å²) in [5.74, 6) is 0. The fraction of sp³-hybridized carbons (Fsp3) is 0.105. The van der Waals surface area contributed by atoms with Crippen molar-refractivity contribution in [3.63, 3.8) is 0 Å². The molecule has 0 saturated heterocycles. The maximum atomic E-state index is 4.75. The number of hydrogen-bond donors (Lipinski definition) is 0. The molecule has 0 aliphatic rings. The van der Waals surface area contributed by atoms with Gasteiger partial charge in [-0.15, -0.1) is 4.98 Å². The minimum Gasteiger partial charge on any atom is -0.309 e. The molecule has 23 heavy (non-hydrogen) atoms. The molecular formula is C19H16N4. The molecule has 0 bridgehead atoms. The lowest BCUT2D eigenvalue weighted by atomic mass is 10.3. The number of nitrogens with zero attached hydrogens (tertiary/aromatic N) is 4. The predicted octanol–water partition coefficient (Wildman–Crippen LogP) is 3.11. The van der Waals surface area contributed by atoms with Crippen LogP contribution in [0, 0.1) is 20.2 Å². The van der Waals surface area contributed by atoms with Crippen molar-refractivity contribution in [2.75, 3.05) is 0 Å². The van der Waals surface area contributed by atoms with Crippen LogP contribution in [0.4, 0.5) is 0 Å². The third kappa shape index (κ3) is 2.28. The first-order chi connectivity index (χ1) is 11.2. The number of para-hydroxylation sites is 2. The predicted molar refractivity (Wildman–Crippen MR) is 88.7 cm³/mol. The highest BCUT2D eigenvalue weighted by atomic mass is 15.2. The molecule has 0 spiro atoms. The largest absolute Gasteiger partial charge is 0.309 e. The highest BCUT2D eigenvalue weighted by molar-refractivity contribution is 5.66. The lowest BCUT2D eigenvalue weighted by Gasteiger charge is -2.04. The van der Waals surface area contributed by atoms with Gasteiger partial charge in [0.2, 0.25) is 5.65 Å². The minimum atomic E-state index is 0.808. The smallest absolute Gasteiger partial charge is 0.227 e. The molecule has 0 atom stereocenters. The van der Waals surface area contributed by atoms with Gasteiger partial charge in [0.25, 0.3) is 0 Å². The molecule has 112 valence electrons. The van der Waals surface area contributed by atoms with E-state index >= 15 is 0 Å². The highest BCUT2D eigenvalue weighted by Crippen LogP contribution is 2.16. The van der Waals surface area contributed by atoms with Crippen LogP contribution in [0.15, 0.2) is 60.7 Å².